The number of rotatable bonds is 5. The number of pyridine rings is 1. The molecule has 0 bridgehead atoms. The number of hydrogen-bond donors (Lipinski definition) is 0. The number of aromatic nitrogens is 3. The molecule has 0 N–H and O–H groups in total. The largest absolute Gasteiger partial charge is 0.354 e. The van der Waals surface area contributed by atoms with Crippen molar-refractivity contribution in [2.24, 2.45) is 0 Å². The number of imidazole rings is 1. The maximum atomic E-state index is 5.14. The summed E-state index contributed by atoms with van der Waals surface area (Å²) in [5.41, 5.74) is 1.96. The van der Waals surface area contributed by atoms with Crippen molar-refractivity contribution in [1.82, 2.24) is 14.5 Å². The molecular formula is C12H15N3O2. The molecule has 0 unspecified atom stereocenters. The third-order valence-electron chi connectivity index (χ3n) is 2.50. The number of hydrogen-bond acceptors (Lipinski definition) is 4. The van der Waals surface area contributed by atoms with Gasteiger partial charge in [0.15, 0.2) is 6.29 Å². The van der Waals surface area contributed by atoms with E-state index in [4.69, 9.17) is 9.47 Å². The van der Waals surface area contributed by atoms with E-state index in [-0.39, 0.29) is 6.29 Å². The summed E-state index contributed by atoms with van der Waals surface area (Å²) in [6.45, 7) is 0.616. The van der Waals surface area contributed by atoms with Crippen molar-refractivity contribution in [2.75, 3.05) is 14.2 Å². The predicted octanol–water partition coefficient (Wildman–Crippen LogP) is 1.56. The highest BCUT2D eigenvalue weighted by Crippen LogP contribution is 2.15. The molecule has 5 nitrogen and oxygen atoms in total. The fraction of sp³-hybridized carbons (Fsp3) is 0.333. The topological polar surface area (TPSA) is 49.2 Å². The van der Waals surface area contributed by atoms with Crippen molar-refractivity contribution >= 4 is 0 Å². The van der Waals surface area contributed by atoms with Crippen LogP contribution in [0.1, 0.15) is 0 Å². The smallest absolute Gasteiger partial charge is 0.174 e. The SMILES string of the molecule is COC(Cn1cnc(-c2ccncc2)c1)OC. The van der Waals surface area contributed by atoms with Gasteiger partial charge in [0, 0.05) is 38.4 Å². The summed E-state index contributed by atoms with van der Waals surface area (Å²) < 4.78 is 12.2. The third-order valence-corrected chi connectivity index (χ3v) is 2.50. The summed E-state index contributed by atoms with van der Waals surface area (Å²) in [6.07, 6.45) is 6.97. The lowest BCUT2D eigenvalue weighted by Crippen LogP contribution is -2.19. The van der Waals surface area contributed by atoms with Gasteiger partial charge in [0.2, 0.25) is 0 Å². The van der Waals surface area contributed by atoms with Crippen LogP contribution in [-0.4, -0.2) is 35.0 Å². The molecule has 0 spiro atoms. The average Bonchev–Trinajstić information content (AvgIpc) is 2.85. The lowest BCUT2D eigenvalue weighted by molar-refractivity contribution is -0.110. The van der Waals surface area contributed by atoms with Crippen LogP contribution in [0.25, 0.3) is 11.3 Å². The van der Waals surface area contributed by atoms with Crippen LogP contribution in [0.15, 0.2) is 37.1 Å². The van der Waals surface area contributed by atoms with E-state index >= 15 is 0 Å². The number of methoxy groups -OCH3 is 2. The Morgan fingerprint density at radius 2 is 1.94 bits per heavy atom. The first-order valence-corrected chi connectivity index (χ1v) is 5.31. The minimum Gasteiger partial charge on any atom is -0.354 e. The Balaban J connectivity index is 2.11. The van der Waals surface area contributed by atoms with Crippen molar-refractivity contribution in [2.45, 2.75) is 12.8 Å². The zero-order chi connectivity index (χ0) is 12.1. The Morgan fingerprint density at radius 1 is 1.24 bits per heavy atom. The lowest BCUT2D eigenvalue weighted by Gasteiger charge is -2.13. The van der Waals surface area contributed by atoms with E-state index < -0.39 is 0 Å². The van der Waals surface area contributed by atoms with Crippen LogP contribution < -0.4 is 0 Å². The second kappa shape index (κ2) is 5.56. The second-order valence-electron chi connectivity index (χ2n) is 3.59. The highest BCUT2D eigenvalue weighted by atomic mass is 16.7. The van der Waals surface area contributed by atoms with E-state index in [1.54, 1.807) is 32.9 Å². The molecule has 0 saturated heterocycles. The molecule has 2 aromatic rings. The van der Waals surface area contributed by atoms with Crippen molar-refractivity contribution in [3.63, 3.8) is 0 Å². The quantitative estimate of drug-likeness (QED) is 0.735. The normalized spacial score (nSPS) is 11.0. The van der Waals surface area contributed by atoms with Crippen LogP contribution >= 0.6 is 0 Å². The maximum Gasteiger partial charge on any atom is 0.174 e. The van der Waals surface area contributed by atoms with Gasteiger partial charge in [0.1, 0.15) is 0 Å². The molecule has 0 aliphatic carbocycles. The van der Waals surface area contributed by atoms with E-state index in [0.29, 0.717) is 6.54 Å². The van der Waals surface area contributed by atoms with E-state index in [1.165, 1.54) is 0 Å². The molecule has 0 atom stereocenters. The van der Waals surface area contributed by atoms with Crippen LogP contribution in [0, 0.1) is 0 Å². The highest BCUT2D eigenvalue weighted by molar-refractivity contribution is 5.56. The van der Waals surface area contributed by atoms with Crippen molar-refractivity contribution < 1.29 is 9.47 Å². The Morgan fingerprint density at radius 3 is 2.59 bits per heavy atom. The summed E-state index contributed by atoms with van der Waals surface area (Å²) >= 11 is 0. The molecule has 0 aliphatic heterocycles. The molecule has 17 heavy (non-hydrogen) atoms. The summed E-state index contributed by atoms with van der Waals surface area (Å²) in [5, 5.41) is 0. The zero-order valence-corrected chi connectivity index (χ0v) is 9.91. The standard InChI is InChI=1S/C12H15N3O2/c1-16-12(17-2)8-15-7-11(14-9-15)10-3-5-13-6-4-10/h3-7,9,12H,8H2,1-2H3. The maximum absolute atomic E-state index is 5.14. The first-order chi connectivity index (χ1) is 8.33. The molecule has 5 heteroatoms. The Labute approximate surface area is 100 Å². The summed E-state index contributed by atoms with van der Waals surface area (Å²) in [4.78, 5) is 8.31. The molecular weight excluding hydrogens is 218 g/mol. The molecule has 2 rings (SSSR count). The van der Waals surface area contributed by atoms with E-state index in [2.05, 4.69) is 9.97 Å². The van der Waals surface area contributed by atoms with Crippen LogP contribution in [0.4, 0.5) is 0 Å². The van der Waals surface area contributed by atoms with Gasteiger partial charge in [-0.3, -0.25) is 4.98 Å². The molecule has 2 aromatic heterocycles. The fourth-order valence-electron chi connectivity index (χ4n) is 1.55. The van der Waals surface area contributed by atoms with Gasteiger partial charge in [-0.2, -0.15) is 0 Å². The van der Waals surface area contributed by atoms with Crippen LogP contribution in [0.3, 0.4) is 0 Å². The summed E-state index contributed by atoms with van der Waals surface area (Å²) in [7, 11) is 3.24. The van der Waals surface area contributed by atoms with Crippen molar-refractivity contribution in [1.29, 1.82) is 0 Å². The molecule has 0 saturated carbocycles. The fourth-order valence-corrected chi connectivity index (χ4v) is 1.55. The van der Waals surface area contributed by atoms with Crippen molar-refractivity contribution in [3.8, 4) is 11.3 Å². The third kappa shape index (κ3) is 2.89. The van der Waals surface area contributed by atoms with Gasteiger partial charge in [-0.25, -0.2) is 4.98 Å². The van der Waals surface area contributed by atoms with Crippen LogP contribution in [0.2, 0.25) is 0 Å². The van der Waals surface area contributed by atoms with Crippen LogP contribution in [0.5, 0.6) is 0 Å². The minimum atomic E-state index is -0.255. The average molecular weight is 233 g/mol. The molecule has 0 amide bonds. The van der Waals surface area contributed by atoms with Gasteiger partial charge in [0.05, 0.1) is 18.6 Å². The zero-order valence-electron chi connectivity index (χ0n) is 9.91. The van der Waals surface area contributed by atoms with Gasteiger partial charge in [0.25, 0.3) is 0 Å². The molecule has 0 aromatic carbocycles. The van der Waals surface area contributed by atoms with E-state index in [1.807, 2.05) is 22.9 Å². The summed E-state index contributed by atoms with van der Waals surface area (Å²) in [5.74, 6) is 0. The number of nitrogens with zero attached hydrogens (tertiary/aromatic N) is 3. The molecule has 2 heterocycles. The Kier molecular flexibility index (Phi) is 3.85. The number of ether oxygens (including phenoxy) is 2. The Bertz CT molecular complexity index is 452. The lowest BCUT2D eigenvalue weighted by atomic mass is 10.2. The first kappa shape index (κ1) is 11.8. The van der Waals surface area contributed by atoms with Gasteiger partial charge < -0.3 is 14.0 Å². The van der Waals surface area contributed by atoms with Crippen molar-refractivity contribution in [3.05, 3.63) is 37.1 Å². The van der Waals surface area contributed by atoms with E-state index in [9.17, 15) is 0 Å². The monoisotopic (exact) mass is 233 g/mol. The predicted molar refractivity (Wildman–Crippen MR) is 63.3 cm³/mol. The minimum absolute atomic E-state index is 0.255. The van der Waals surface area contributed by atoms with E-state index in [0.717, 1.165) is 11.3 Å². The van der Waals surface area contributed by atoms with Gasteiger partial charge in [-0.05, 0) is 12.1 Å². The Hall–Kier alpha value is -1.72. The van der Waals surface area contributed by atoms with Gasteiger partial charge >= 0.3 is 0 Å². The molecule has 0 radical (unpaired) electrons. The van der Waals surface area contributed by atoms with Crippen LogP contribution in [-0.2, 0) is 16.0 Å². The van der Waals surface area contributed by atoms with Gasteiger partial charge in [-0.1, -0.05) is 0 Å². The second-order valence-corrected chi connectivity index (χ2v) is 3.59. The molecule has 90 valence electrons. The highest BCUT2D eigenvalue weighted by Gasteiger charge is 2.07. The first-order valence-electron chi connectivity index (χ1n) is 5.31. The summed E-state index contributed by atoms with van der Waals surface area (Å²) in [6, 6.07) is 3.85. The molecule has 0 fully saturated rings. The molecule has 0 aliphatic rings. The van der Waals surface area contributed by atoms with Gasteiger partial charge in [-0.15, -0.1) is 0 Å².